The highest BCUT2D eigenvalue weighted by Gasteiger charge is 2.10. The van der Waals surface area contributed by atoms with E-state index in [4.69, 9.17) is 0 Å². The number of amides is 2. The van der Waals surface area contributed by atoms with Gasteiger partial charge in [0.05, 0.1) is 0 Å². The second-order valence-corrected chi connectivity index (χ2v) is 6.18. The minimum absolute atomic E-state index is 0.00826. The molecule has 0 fully saturated rings. The SMILES string of the molecule is CC(C)CC(=O)NCCC(=O)NCc1ccc2c(c1)CNC2. The Morgan fingerprint density at radius 2 is 1.91 bits per heavy atom. The predicted molar refractivity (Wildman–Crippen MR) is 85.9 cm³/mol. The van der Waals surface area contributed by atoms with Gasteiger partial charge < -0.3 is 16.0 Å². The summed E-state index contributed by atoms with van der Waals surface area (Å²) >= 11 is 0. The van der Waals surface area contributed by atoms with E-state index in [-0.39, 0.29) is 11.8 Å². The summed E-state index contributed by atoms with van der Waals surface area (Å²) in [5.41, 5.74) is 3.76. The van der Waals surface area contributed by atoms with Crippen LogP contribution in [0.1, 0.15) is 43.4 Å². The van der Waals surface area contributed by atoms with Gasteiger partial charge in [-0.1, -0.05) is 32.0 Å². The van der Waals surface area contributed by atoms with Crippen LogP contribution in [-0.2, 0) is 29.2 Å². The van der Waals surface area contributed by atoms with Crippen molar-refractivity contribution >= 4 is 11.8 Å². The molecular weight excluding hydrogens is 278 g/mol. The zero-order valence-electron chi connectivity index (χ0n) is 13.4. The number of hydrogen-bond donors (Lipinski definition) is 3. The number of nitrogens with one attached hydrogen (secondary N) is 3. The Balaban J connectivity index is 1.66. The van der Waals surface area contributed by atoms with Crippen LogP contribution < -0.4 is 16.0 Å². The first-order valence-electron chi connectivity index (χ1n) is 7.89. The van der Waals surface area contributed by atoms with Crippen molar-refractivity contribution in [2.75, 3.05) is 6.54 Å². The van der Waals surface area contributed by atoms with E-state index < -0.39 is 0 Å². The molecule has 2 rings (SSSR count). The molecule has 1 heterocycles. The van der Waals surface area contributed by atoms with Gasteiger partial charge in [0.1, 0.15) is 0 Å². The first kappa shape index (κ1) is 16.5. The minimum atomic E-state index is -0.0385. The Kier molecular flexibility index (Phi) is 5.95. The first-order chi connectivity index (χ1) is 10.5. The summed E-state index contributed by atoms with van der Waals surface area (Å²) in [6, 6.07) is 6.31. The smallest absolute Gasteiger partial charge is 0.222 e. The monoisotopic (exact) mass is 303 g/mol. The molecule has 5 nitrogen and oxygen atoms in total. The van der Waals surface area contributed by atoms with Gasteiger partial charge in [0.2, 0.25) is 11.8 Å². The second kappa shape index (κ2) is 7.94. The zero-order valence-corrected chi connectivity index (χ0v) is 13.4. The summed E-state index contributed by atoms with van der Waals surface area (Å²) in [6.45, 7) is 6.76. The molecule has 0 saturated carbocycles. The lowest BCUT2D eigenvalue weighted by atomic mass is 10.1. The minimum Gasteiger partial charge on any atom is -0.356 e. The molecule has 0 spiro atoms. The van der Waals surface area contributed by atoms with E-state index in [2.05, 4.69) is 34.1 Å². The van der Waals surface area contributed by atoms with Crippen molar-refractivity contribution in [2.24, 2.45) is 5.92 Å². The molecule has 22 heavy (non-hydrogen) atoms. The third-order valence-corrected chi connectivity index (χ3v) is 3.66. The van der Waals surface area contributed by atoms with Gasteiger partial charge >= 0.3 is 0 Å². The van der Waals surface area contributed by atoms with Gasteiger partial charge in [-0.3, -0.25) is 9.59 Å². The standard InChI is InChI=1S/C17H25N3O2/c1-12(2)7-17(22)19-6-5-16(21)20-9-13-3-4-14-10-18-11-15(14)8-13/h3-4,8,12,18H,5-7,9-11H2,1-2H3,(H,19,22)(H,20,21). The normalized spacial score (nSPS) is 13.0. The predicted octanol–water partition coefficient (Wildman–Crippen LogP) is 1.46. The van der Waals surface area contributed by atoms with Gasteiger partial charge in [0, 0.05) is 39.0 Å². The molecule has 0 unspecified atom stereocenters. The summed E-state index contributed by atoms with van der Waals surface area (Å²) in [6.07, 6.45) is 0.821. The Labute approximate surface area is 131 Å². The molecule has 3 N–H and O–H groups in total. The van der Waals surface area contributed by atoms with Crippen LogP contribution >= 0.6 is 0 Å². The van der Waals surface area contributed by atoms with Crippen LogP contribution in [-0.4, -0.2) is 18.4 Å². The van der Waals surface area contributed by atoms with E-state index in [0.29, 0.717) is 31.8 Å². The zero-order chi connectivity index (χ0) is 15.9. The molecule has 1 aliphatic heterocycles. The highest BCUT2D eigenvalue weighted by Crippen LogP contribution is 2.16. The average Bonchev–Trinajstić information content (AvgIpc) is 2.91. The van der Waals surface area contributed by atoms with Crippen LogP contribution in [0.2, 0.25) is 0 Å². The Hall–Kier alpha value is -1.88. The Bertz CT molecular complexity index is 541. The van der Waals surface area contributed by atoms with Crippen molar-refractivity contribution in [1.29, 1.82) is 0 Å². The molecule has 0 radical (unpaired) electrons. The van der Waals surface area contributed by atoms with Crippen molar-refractivity contribution in [3.63, 3.8) is 0 Å². The number of carbonyl (C=O) groups is 2. The molecule has 1 aromatic carbocycles. The van der Waals surface area contributed by atoms with Crippen molar-refractivity contribution in [3.8, 4) is 0 Å². The molecular formula is C17H25N3O2. The molecule has 0 bridgehead atoms. The van der Waals surface area contributed by atoms with Crippen LogP contribution in [0.15, 0.2) is 18.2 Å². The van der Waals surface area contributed by atoms with Crippen LogP contribution in [0.3, 0.4) is 0 Å². The summed E-state index contributed by atoms with van der Waals surface area (Å²) < 4.78 is 0. The van der Waals surface area contributed by atoms with Crippen LogP contribution in [0.25, 0.3) is 0 Å². The molecule has 1 aromatic rings. The maximum atomic E-state index is 11.8. The summed E-state index contributed by atoms with van der Waals surface area (Å²) in [7, 11) is 0. The molecule has 0 aromatic heterocycles. The summed E-state index contributed by atoms with van der Waals surface area (Å²) in [5, 5.41) is 8.97. The average molecular weight is 303 g/mol. The van der Waals surface area contributed by atoms with Crippen molar-refractivity contribution in [2.45, 2.75) is 46.3 Å². The lowest BCUT2D eigenvalue weighted by Gasteiger charge is -2.09. The Morgan fingerprint density at radius 1 is 1.14 bits per heavy atom. The number of benzene rings is 1. The van der Waals surface area contributed by atoms with E-state index in [0.717, 1.165) is 18.7 Å². The van der Waals surface area contributed by atoms with E-state index in [1.54, 1.807) is 0 Å². The Morgan fingerprint density at radius 3 is 2.68 bits per heavy atom. The number of hydrogen-bond acceptors (Lipinski definition) is 3. The van der Waals surface area contributed by atoms with Gasteiger partial charge in [-0.2, -0.15) is 0 Å². The number of fused-ring (bicyclic) bond motifs is 1. The lowest BCUT2D eigenvalue weighted by molar-refractivity contribution is -0.122. The molecule has 120 valence electrons. The van der Waals surface area contributed by atoms with Gasteiger partial charge in [-0.25, -0.2) is 0 Å². The summed E-state index contributed by atoms with van der Waals surface area (Å²) in [4.78, 5) is 23.3. The van der Waals surface area contributed by atoms with E-state index in [1.807, 2.05) is 13.8 Å². The number of carbonyl (C=O) groups excluding carboxylic acids is 2. The third-order valence-electron chi connectivity index (χ3n) is 3.66. The highest BCUT2D eigenvalue weighted by atomic mass is 16.2. The molecule has 5 heteroatoms. The third kappa shape index (κ3) is 5.15. The molecule has 0 aliphatic carbocycles. The maximum absolute atomic E-state index is 11.8. The fourth-order valence-electron chi connectivity index (χ4n) is 2.51. The van der Waals surface area contributed by atoms with Crippen molar-refractivity contribution < 1.29 is 9.59 Å². The van der Waals surface area contributed by atoms with E-state index in [1.165, 1.54) is 11.1 Å². The number of rotatable bonds is 7. The topological polar surface area (TPSA) is 70.2 Å². The van der Waals surface area contributed by atoms with Crippen LogP contribution in [0.4, 0.5) is 0 Å². The fourth-order valence-corrected chi connectivity index (χ4v) is 2.51. The fraction of sp³-hybridized carbons (Fsp3) is 0.529. The van der Waals surface area contributed by atoms with Crippen LogP contribution in [0.5, 0.6) is 0 Å². The lowest BCUT2D eigenvalue weighted by Crippen LogP contribution is -2.31. The van der Waals surface area contributed by atoms with Gasteiger partial charge in [-0.05, 0) is 22.6 Å². The molecule has 0 atom stereocenters. The van der Waals surface area contributed by atoms with Gasteiger partial charge in [0.15, 0.2) is 0 Å². The maximum Gasteiger partial charge on any atom is 0.222 e. The largest absolute Gasteiger partial charge is 0.356 e. The molecule has 2 amide bonds. The summed E-state index contributed by atoms with van der Waals surface area (Å²) in [5.74, 6) is 0.306. The van der Waals surface area contributed by atoms with Gasteiger partial charge in [-0.15, -0.1) is 0 Å². The molecule has 0 saturated heterocycles. The first-order valence-corrected chi connectivity index (χ1v) is 7.89. The quantitative estimate of drug-likeness (QED) is 0.714. The second-order valence-electron chi connectivity index (χ2n) is 6.18. The van der Waals surface area contributed by atoms with E-state index in [9.17, 15) is 9.59 Å². The van der Waals surface area contributed by atoms with E-state index >= 15 is 0 Å². The van der Waals surface area contributed by atoms with Crippen LogP contribution in [0, 0.1) is 5.92 Å². The van der Waals surface area contributed by atoms with Crippen molar-refractivity contribution in [3.05, 3.63) is 34.9 Å². The van der Waals surface area contributed by atoms with Crippen molar-refractivity contribution in [1.82, 2.24) is 16.0 Å². The van der Waals surface area contributed by atoms with Gasteiger partial charge in [0.25, 0.3) is 0 Å². The highest BCUT2D eigenvalue weighted by molar-refractivity contribution is 5.79. The molecule has 1 aliphatic rings.